The van der Waals surface area contributed by atoms with Crippen LogP contribution in [0.15, 0.2) is 36.7 Å². The van der Waals surface area contributed by atoms with E-state index in [-0.39, 0.29) is 11.4 Å². The lowest BCUT2D eigenvalue weighted by molar-refractivity contribution is -0.137. The van der Waals surface area contributed by atoms with Crippen molar-refractivity contribution >= 4 is 17.3 Å². The fourth-order valence-corrected chi connectivity index (χ4v) is 1.76. The lowest BCUT2D eigenvalue weighted by Crippen LogP contribution is -2.24. The highest BCUT2D eigenvalue weighted by atomic mass is 19.4. The van der Waals surface area contributed by atoms with Gasteiger partial charge in [0.15, 0.2) is 0 Å². The Bertz CT molecular complexity index is 637. The number of hydrogen-bond donors (Lipinski definition) is 2. The molecule has 0 saturated carbocycles. The van der Waals surface area contributed by atoms with E-state index in [1.807, 2.05) is 0 Å². The number of carbonyl (C=O) groups excluding carboxylic acids is 1. The second-order valence-electron chi connectivity index (χ2n) is 4.45. The number of hydrogen-bond acceptors (Lipinski definition) is 3. The maximum atomic E-state index is 12.7. The predicted molar refractivity (Wildman–Crippen MR) is 71.4 cm³/mol. The van der Waals surface area contributed by atoms with Crippen LogP contribution < -0.4 is 11.1 Å². The minimum Gasteiger partial charge on any atom is -0.398 e. The number of carbonyl (C=O) groups is 1. The van der Waals surface area contributed by atoms with E-state index < -0.39 is 23.7 Å². The van der Waals surface area contributed by atoms with E-state index in [1.54, 1.807) is 19.2 Å². The molecule has 0 aliphatic rings. The normalized spacial score (nSPS) is 13.0. The first-order valence-electron chi connectivity index (χ1n) is 6.06. The molecule has 21 heavy (non-hydrogen) atoms. The number of anilines is 2. The summed E-state index contributed by atoms with van der Waals surface area (Å²) in [6, 6.07) is 4.24. The molecule has 0 fully saturated rings. The van der Waals surface area contributed by atoms with Crippen LogP contribution in [-0.4, -0.2) is 15.7 Å². The molecule has 2 rings (SSSR count). The third-order valence-corrected chi connectivity index (χ3v) is 2.93. The quantitative estimate of drug-likeness (QED) is 0.856. The first kappa shape index (κ1) is 14.9. The van der Waals surface area contributed by atoms with Crippen molar-refractivity contribution < 1.29 is 18.0 Å². The zero-order valence-electron chi connectivity index (χ0n) is 11.1. The Hall–Kier alpha value is -2.51. The van der Waals surface area contributed by atoms with Gasteiger partial charge in [-0.05, 0) is 31.2 Å². The number of alkyl halides is 3. The van der Waals surface area contributed by atoms with E-state index >= 15 is 0 Å². The number of rotatable bonds is 3. The Morgan fingerprint density at radius 3 is 2.71 bits per heavy atom. The number of nitrogens with one attached hydrogen (secondary N) is 1. The monoisotopic (exact) mass is 298 g/mol. The van der Waals surface area contributed by atoms with E-state index in [0.717, 1.165) is 12.1 Å². The van der Waals surface area contributed by atoms with Crippen LogP contribution in [0.2, 0.25) is 0 Å². The number of nitrogen functional groups attached to an aromatic ring is 1. The van der Waals surface area contributed by atoms with Crippen molar-refractivity contribution in [2.24, 2.45) is 0 Å². The molecule has 8 heteroatoms. The van der Waals surface area contributed by atoms with Gasteiger partial charge in [-0.25, -0.2) is 0 Å². The van der Waals surface area contributed by atoms with Gasteiger partial charge >= 0.3 is 6.18 Å². The first-order valence-corrected chi connectivity index (χ1v) is 6.06. The van der Waals surface area contributed by atoms with Crippen molar-refractivity contribution in [3.63, 3.8) is 0 Å². The van der Waals surface area contributed by atoms with E-state index in [1.165, 1.54) is 16.9 Å². The molecule has 0 aliphatic carbocycles. The molecule has 1 aromatic carbocycles. The standard InChI is InChI=1S/C13H13F3N4O/c1-8(20-6-2-5-18-20)12(21)19-9-3-4-11(17)10(7-9)13(14,15)16/h2-8H,17H2,1H3,(H,19,21). The summed E-state index contributed by atoms with van der Waals surface area (Å²) in [5.41, 5.74) is 3.96. The zero-order valence-corrected chi connectivity index (χ0v) is 11.1. The molecule has 1 aromatic heterocycles. The molecule has 0 spiro atoms. The first-order chi connectivity index (χ1) is 9.79. The second kappa shape index (κ2) is 5.47. The summed E-state index contributed by atoms with van der Waals surface area (Å²) >= 11 is 0. The van der Waals surface area contributed by atoms with Crippen molar-refractivity contribution in [1.29, 1.82) is 0 Å². The van der Waals surface area contributed by atoms with E-state index in [4.69, 9.17) is 5.73 Å². The molecule has 1 atom stereocenters. The van der Waals surface area contributed by atoms with Crippen LogP contribution in [0.5, 0.6) is 0 Å². The smallest absolute Gasteiger partial charge is 0.398 e. The van der Waals surface area contributed by atoms with Crippen LogP contribution in [0.25, 0.3) is 0 Å². The van der Waals surface area contributed by atoms with Gasteiger partial charge in [-0.15, -0.1) is 0 Å². The molecule has 1 heterocycles. The summed E-state index contributed by atoms with van der Waals surface area (Å²) < 4.78 is 39.6. The molecule has 0 saturated heterocycles. The van der Waals surface area contributed by atoms with Gasteiger partial charge in [0.25, 0.3) is 0 Å². The third kappa shape index (κ3) is 3.33. The molecule has 0 radical (unpaired) electrons. The van der Waals surface area contributed by atoms with E-state index in [0.29, 0.717) is 0 Å². The largest absolute Gasteiger partial charge is 0.418 e. The van der Waals surface area contributed by atoms with Gasteiger partial charge < -0.3 is 11.1 Å². The summed E-state index contributed by atoms with van der Waals surface area (Å²) in [4.78, 5) is 12.0. The van der Waals surface area contributed by atoms with Gasteiger partial charge in [-0.3, -0.25) is 9.48 Å². The van der Waals surface area contributed by atoms with Gasteiger partial charge in [-0.1, -0.05) is 0 Å². The number of amides is 1. The molecule has 1 unspecified atom stereocenters. The molecule has 0 aliphatic heterocycles. The maximum Gasteiger partial charge on any atom is 0.418 e. The maximum absolute atomic E-state index is 12.7. The topological polar surface area (TPSA) is 72.9 Å². The lowest BCUT2D eigenvalue weighted by Gasteiger charge is -2.15. The van der Waals surface area contributed by atoms with Crippen molar-refractivity contribution in [3.05, 3.63) is 42.2 Å². The Morgan fingerprint density at radius 2 is 2.14 bits per heavy atom. The van der Waals surface area contributed by atoms with Crippen LogP contribution in [0, 0.1) is 0 Å². The Labute approximate surface area is 118 Å². The van der Waals surface area contributed by atoms with Crippen molar-refractivity contribution in [3.8, 4) is 0 Å². The van der Waals surface area contributed by atoms with Gasteiger partial charge in [0.05, 0.1) is 5.56 Å². The van der Waals surface area contributed by atoms with Gasteiger partial charge in [-0.2, -0.15) is 18.3 Å². The van der Waals surface area contributed by atoms with E-state index in [2.05, 4.69) is 10.4 Å². The van der Waals surface area contributed by atoms with E-state index in [9.17, 15) is 18.0 Å². The number of benzene rings is 1. The summed E-state index contributed by atoms with van der Waals surface area (Å²) in [7, 11) is 0. The Balaban J connectivity index is 2.18. The van der Waals surface area contributed by atoms with Crippen molar-refractivity contribution in [2.75, 3.05) is 11.1 Å². The predicted octanol–water partition coefficient (Wildman–Crippen LogP) is 2.68. The molecule has 1 amide bonds. The number of aromatic nitrogens is 2. The van der Waals surface area contributed by atoms with Gasteiger partial charge in [0.1, 0.15) is 6.04 Å². The molecule has 3 N–H and O–H groups in total. The van der Waals surface area contributed by atoms with Crippen LogP contribution in [0.4, 0.5) is 24.5 Å². The molecular weight excluding hydrogens is 285 g/mol. The SMILES string of the molecule is CC(C(=O)Nc1ccc(N)c(C(F)(F)F)c1)n1cccn1. The summed E-state index contributed by atoms with van der Waals surface area (Å²) in [5, 5.41) is 6.32. The average Bonchev–Trinajstić information content (AvgIpc) is 2.92. The minimum absolute atomic E-state index is 0.0283. The van der Waals surface area contributed by atoms with Gasteiger partial charge in [0, 0.05) is 23.8 Å². The zero-order chi connectivity index (χ0) is 15.6. The minimum atomic E-state index is -4.57. The summed E-state index contributed by atoms with van der Waals surface area (Å²) in [6.45, 7) is 1.59. The summed E-state index contributed by atoms with van der Waals surface area (Å²) in [6.07, 6.45) is -1.47. The van der Waals surface area contributed by atoms with Crippen LogP contribution in [-0.2, 0) is 11.0 Å². The Kier molecular flexibility index (Phi) is 3.88. The number of nitrogens with zero attached hydrogens (tertiary/aromatic N) is 2. The Morgan fingerprint density at radius 1 is 1.43 bits per heavy atom. The fraction of sp³-hybridized carbons (Fsp3) is 0.231. The highest BCUT2D eigenvalue weighted by Crippen LogP contribution is 2.35. The van der Waals surface area contributed by atoms with Crippen LogP contribution >= 0.6 is 0 Å². The molecule has 2 aromatic rings. The number of nitrogens with two attached hydrogens (primary N) is 1. The third-order valence-electron chi connectivity index (χ3n) is 2.93. The highest BCUT2D eigenvalue weighted by Gasteiger charge is 2.33. The van der Waals surface area contributed by atoms with Crippen molar-refractivity contribution in [2.45, 2.75) is 19.1 Å². The second-order valence-corrected chi connectivity index (χ2v) is 4.45. The molecule has 0 bridgehead atoms. The highest BCUT2D eigenvalue weighted by molar-refractivity contribution is 5.93. The fourth-order valence-electron chi connectivity index (χ4n) is 1.76. The van der Waals surface area contributed by atoms with Crippen LogP contribution in [0.1, 0.15) is 18.5 Å². The molecule has 112 valence electrons. The van der Waals surface area contributed by atoms with Gasteiger partial charge in [0.2, 0.25) is 5.91 Å². The average molecular weight is 298 g/mol. The molecule has 5 nitrogen and oxygen atoms in total. The summed E-state index contributed by atoms with van der Waals surface area (Å²) in [5.74, 6) is -0.475. The van der Waals surface area contributed by atoms with Crippen LogP contribution in [0.3, 0.4) is 0 Å². The number of halogens is 3. The molecular formula is C13H13F3N4O. The lowest BCUT2D eigenvalue weighted by atomic mass is 10.1. The van der Waals surface area contributed by atoms with Crippen molar-refractivity contribution in [1.82, 2.24) is 9.78 Å².